The monoisotopic (exact) mass is 891 g/mol. The van der Waals surface area contributed by atoms with E-state index in [-0.39, 0.29) is 13.2 Å². The van der Waals surface area contributed by atoms with Gasteiger partial charge in [0, 0.05) is 0 Å². The van der Waals surface area contributed by atoms with Gasteiger partial charge in [0.25, 0.3) is 0 Å². The lowest BCUT2D eigenvalue weighted by molar-refractivity contribution is -0.193. The first-order valence-corrected chi connectivity index (χ1v) is 29.2. The van der Waals surface area contributed by atoms with Gasteiger partial charge in [0.05, 0.1) is 30.3 Å². The fourth-order valence-corrected chi connectivity index (χ4v) is 10.3. The van der Waals surface area contributed by atoms with Gasteiger partial charge in [0.15, 0.2) is 0 Å². The highest BCUT2D eigenvalue weighted by Gasteiger charge is 2.53. The molecule has 4 nitrogen and oxygen atoms in total. The second kappa shape index (κ2) is 49.5. The maximum absolute atomic E-state index is 12.5. The lowest BCUT2D eigenvalue weighted by Gasteiger charge is -2.48. The zero-order valence-electron chi connectivity index (χ0n) is 43.6. The molecule has 63 heavy (non-hydrogen) atoms. The molecule has 0 rings (SSSR count). The summed E-state index contributed by atoms with van der Waals surface area (Å²) < 4.78 is 0. The van der Waals surface area contributed by atoms with Gasteiger partial charge in [-0.1, -0.05) is 303 Å². The molecule has 0 aliphatic rings. The molecule has 4 heteroatoms. The summed E-state index contributed by atoms with van der Waals surface area (Å²) in [7, 11) is 0. The first kappa shape index (κ1) is 62.6. The number of hydrogen-bond donors (Lipinski definition) is 4. The van der Waals surface area contributed by atoms with Crippen LogP contribution in [0.3, 0.4) is 0 Å². The molecule has 4 N–H and O–H groups in total. The second-order valence-corrected chi connectivity index (χ2v) is 20.9. The van der Waals surface area contributed by atoms with Gasteiger partial charge in [0.1, 0.15) is 0 Å². The molecular weight excluding hydrogens is 773 g/mol. The Labute approximate surface area is 396 Å². The molecule has 0 heterocycles. The molecule has 0 aromatic carbocycles. The molecule has 1 atom stereocenters. The summed E-state index contributed by atoms with van der Waals surface area (Å²) in [5.41, 5.74) is -2.54. The molecule has 0 saturated carbocycles. The van der Waals surface area contributed by atoms with Crippen LogP contribution in [-0.4, -0.2) is 45.3 Å². The third-order valence-electron chi connectivity index (χ3n) is 15.0. The van der Waals surface area contributed by atoms with Crippen LogP contribution in [0.2, 0.25) is 0 Å². The summed E-state index contributed by atoms with van der Waals surface area (Å²) >= 11 is 0. The van der Waals surface area contributed by atoms with Crippen LogP contribution in [0.4, 0.5) is 0 Å². The van der Waals surface area contributed by atoms with Crippen LogP contribution in [0.1, 0.15) is 335 Å². The number of aliphatic hydroxyl groups is 4. The fraction of sp³-hybridized carbons (Fsp3) is 0.966. The van der Waals surface area contributed by atoms with Crippen molar-refractivity contribution in [1.82, 2.24) is 0 Å². The van der Waals surface area contributed by atoms with E-state index < -0.39 is 17.1 Å². The Morgan fingerprint density at radius 3 is 0.794 bits per heavy atom. The molecule has 0 bridgehead atoms. The van der Waals surface area contributed by atoms with Crippen LogP contribution in [0.25, 0.3) is 0 Å². The molecule has 0 spiro atoms. The van der Waals surface area contributed by atoms with E-state index >= 15 is 0 Å². The molecule has 378 valence electrons. The maximum Gasteiger partial charge on any atom is 0.0772 e. The van der Waals surface area contributed by atoms with Gasteiger partial charge in [0.2, 0.25) is 0 Å². The van der Waals surface area contributed by atoms with Crippen molar-refractivity contribution in [3.63, 3.8) is 0 Å². The molecule has 1 unspecified atom stereocenters. The van der Waals surface area contributed by atoms with Crippen molar-refractivity contribution < 1.29 is 20.4 Å². The van der Waals surface area contributed by atoms with Crippen LogP contribution < -0.4 is 0 Å². The van der Waals surface area contributed by atoms with Crippen molar-refractivity contribution in [3.8, 4) is 0 Å². The first-order chi connectivity index (χ1) is 31.0. The summed E-state index contributed by atoms with van der Waals surface area (Å²) in [4.78, 5) is 0. The predicted molar refractivity (Wildman–Crippen MR) is 280 cm³/mol. The summed E-state index contributed by atoms with van der Waals surface area (Å²) in [6.45, 7) is 6.12. The summed E-state index contributed by atoms with van der Waals surface area (Å²) in [5, 5.41) is 46.0. The first-order valence-electron chi connectivity index (χ1n) is 29.2. The highest BCUT2D eigenvalue weighted by molar-refractivity contribution is 5.03. The highest BCUT2D eigenvalue weighted by Crippen LogP contribution is 2.44. The van der Waals surface area contributed by atoms with Gasteiger partial charge in [-0.15, -0.1) is 0 Å². The lowest BCUT2D eigenvalue weighted by atomic mass is 9.63. The number of unbranched alkanes of at least 4 members (excludes halogenated alkanes) is 42. The average molecular weight is 892 g/mol. The minimum atomic E-state index is -1.28. The number of rotatable bonds is 54. The molecule has 0 aliphatic carbocycles. The third kappa shape index (κ3) is 37.3. The zero-order valence-corrected chi connectivity index (χ0v) is 43.6. The van der Waals surface area contributed by atoms with E-state index in [9.17, 15) is 20.4 Å². The Hall–Kier alpha value is -0.420. The van der Waals surface area contributed by atoms with E-state index in [2.05, 4.69) is 32.9 Å². The summed E-state index contributed by atoms with van der Waals surface area (Å²) in [5.74, 6) is 0. The largest absolute Gasteiger partial charge is 0.395 e. The van der Waals surface area contributed by atoms with Crippen LogP contribution in [0, 0.1) is 5.41 Å². The Morgan fingerprint density at radius 1 is 0.317 bits per heavy atom. The average Bonchev–Trinajstić information content (AvgIpc) is 3.29. The van der Waals surface area contributed by atoms with Crippen LogP contribution in [-0.2, 0) is 0 Å². The van der Waals surface area contributed by atoms with E-state index in [1.807, 2.05) is 0 Å². The van der Waals surface area contributed by atoms with Crippen molar-refractivity contribution in [3.05, 3.63) is 12.2 Å². The number of hydrogen-bond acceptors (Lipinski definition) is 4. The molecule has 0 amide bonds. The summed E-state index contributed by atoms with van der Waals surface area (Å²) in [6.07, 6.45) is 64.8. The fourth-order valence-electron chi connectivity index (χ4n) is 10.3. The Bertz CT molecular complexity index is 847. The van der Waals surface area contributed by atoms with Crippen molar-refractivity contribution >= 4 is 0 Å². The smallest absolute Gasteiger partial charge is 0.0772 e. The number of aliphatic hydroxyl groups excluding tert-OH is 3. The number of allylic oxidation sites excluding steroid dienone is 2. The van der Waals surface area contributed by atoms with Gasteiger partial charge in [-0.3, -0.25) is 0 Å². The normalized spacial score (nSPS) is 12.9. The van der Waals surface area contributed by atoms with Gasteiger partial charge in [-0.05, 0) is 44.9 Å². The van der Waals surface area contributed by atoms with E-state index in [1.165, 1.54) is 250 Å². The Morgan fingerprint density at radius 2 is 0.540 bits per heavy atom. The molecule has 0 aromatic rings. The zero-order chi connectivity index (χ0) is 46.1. The van der Waals surface area contributed by atoms with Crippen molar-refractivity contribution in [2.24, 2.45) is 5.41 Å². The van der Waals surface area contributed by atoms with Gasteiger partial charge < -0.3 is 20.4 Å². The van der Waals surface area contributed by atoms with Gasteiger partial charge in [-0.2, -0.15) is 0 Å². The topological polar surface area (TPSA) is 80.9 Å². The maximum atomic E-state index is 12.5. The van der Waals surface area contributed by atoms with Crippen LogP contribution in [0.5, 0.6) is 0 Å². The lowest BCUT2D eigenvalue weighted by Crippen LogP contribution is -2.59. The van der Waals surface area contributed by atoms with Gasteiger partial charge in [-0.25, -0.2) is 0 Å². The van der Waals surface area contributed by atoms with Crippen LogP contribution in [0.15, 0.2) is 12.2 Å². The van der Waals surface area contributed by atoms with Crippen LogP contribution >= 0.6 is 0 Å². The van der Waals surface area contributed by atoms with E-state index in [1.54, 1.807) is 0 Å². The third-order valence-corrected chi connectivity index (χ3v) is 15.0. The molecular formula is C59H118O4. The summed E-state index contributed by atoms with van der Waals surface area (Å²) in [6, 6.07) is 0. The Balaban J connectivity index is 4.72. The quantitative estimate of drug-likeness (QED) is 0.0362. The molecule has 0 aromatic heterocycles. The molecule has 0 radical (unpaired) electrons. The van der Waals surface area contributed by atoms with Crippen molar-refractivity contribution in [2.45, 2.75) is 347 Å². The second-order valence-electron chi connectivity index (χ2n) is 20.9. The molecule has 0 fully saturated rings. The minimum absolute atomic E-state index is 0.370. The minimum Gasteiger partial charge on any atom is -0.395 e. The predicted octanol–water partition coefficient (Wildman–Crippen LogP) is 18.8. The van der Waals surface area contributed by atoms with E-state index in [4.69, 9.17) is 0 Å². The Kier molecular flexibility index (Phi) is 49.2. The molecule has 0 saturated heterocycles. The standard InChI is InChI=1S/C59H118O4/c1-4-7-10-13-16-19-22-25-28-31-34-37-40-43-46-49-52-57(62)58(55-60,56-61)59(63,53-50-47-44-41-38-35-32-29-26-23-20-17-14-11-8-5-2)54-51-48-45-42-39-36-33-30-27-24-21-18-15-12-9-6-3/h25,28,57,60-63H,4-24,26-27,29-56H2,1-3H3/b28-25-. The molecule has 0 aliphatic heterocycles. The highest BCUT2D eigenvalue weighted by atomic mass is 16.3. The van der Waals surface area contributed by atoms with Crippen molar-refractivity contribution in [2.75, 3.05) is 13.2 Å². The van der Waals surface area contributed by atoms with Crippen molar-refractivity contribution in [1.29, 1.82) is 0 Å². The van der Waals surface area contributed by atoms with Gasteiger partial charge >= 0.3 is 0 Å². The van der Waals surface area contributed by atoms with E-state index in [0.717, 1.165) is 44.9 Å². The van der Waals surface area contributed by atoms with E-state index in [0.29, 0.717) is 19.3 Å². The SMILES string of the molecule is CCCCCCCC/C=C\CCCCCCCCC(O)C(CO)(CO)C(O)(CCCCCCCCCCCCCCCCCC)CCCCCCCCCCCCCCCCCC.